The molecular weight excluding hydrogens is 324 g/mol. The van der Waals surface area contributed by atoms with Crippen LogP contribution >= 0.6 is 27.7 Å². The average Bonchev–Trinajstić information content (AvgIpc) is 2.38. The highest BCUT2D eigenvalue weighted by Gasteiger charge is 2.05. The van der Waals surface area contributed by atoms with Crippen molar-refractivity contribution in [3.8, 4) is 0 Å². The van der Waals surface area contributed by atoms with Crippen molar-refractivity contribution in [2.75, 3.05) is 11.5 Å². The van der Waals surface area contributed by atoms with Gasteiger partial charge in [-0.1, -0.05) is 15.9 Å². The summed E-state index contributed by atoms with van der Waals surface area (Å²) >= 11 is 4.93. The van der Waals surface area contributed by atoms with E-state index >= 15 is 0 Å². The molecule has 0 unspecified atom stereocenters. The summed E-state index contributed by atoms with van der Waals surface area (Å²) in [5, 5.41) is 0. The zero-order valence-electron chi connectivity index (χ0n) is 10.2. The van der Waals surface area contributed by atoms with Gasteiger partial charge < -0.3 is 5.73 Å². The van der Waals surface area contributed by atoms with Crippen LogP contribution in [0.1, 0.15) is 5.56 Å². The number of nitrogens with zero attached hydrogens (tertiary/aromatic N) is 1. The van der Waals surface area contributed by atoms with Crippen LogP contribution in [-0.2, 0) is 11.2 Å². The van der Waals surface area contributed by atoms with E-state index in [0.717, 1.165) is 14.9 Å². The maximum Gasteiger partial charge on any atom is 0.147 e. The molecule has 0 aliphatic carbocycles. The van der Waals surface area contributed by atoms with Crippen molar-refractivity contribution in [3.05, 3.63) is 52.6 Å². The Hall–Kier alpha value is -1.33. The van der Waals surface area contributed by atoms with Gasteiger partial charge in [0, 0.05) is 22.0 Å². The van der Waals surface area contributed by atoms with Crippen LogP contribution in [0, 0.1) is 0 Å². The first kappa shape index (κ1) is 14.1. The first-order valence-corrected chi connectivity index (χ1v) is 7.52. The van der Waals surface area contributed by atoms with E-state index < -0.39 is 0 Å². The second-order valence-corrected chi connectivity index (χ2v) is 6.01. The lowest BCUT2D eigenvalue weighted by molar-refractivity contribution is -0.116. The summed E-state index contributed by atoms with van der Waals surface area (Å²) in [4.78, 5) is 16.9. The van der Waals surface area contributed by atoms with Gasteiger partial charge in [0.15, 0.2) is 0 Å². The van der Waals surface area contributed by atoms with Crippen LogP contribution in [0.5, 0.6) is 0 Å². The number of anilines is 1. The Morgan fingerprint density at radius 1 is 1.26 bits per heavy atom. The van der Waals surface area contributed by atoms with Gasteiger partial charge in [-0.25, -0.2) is 4.98 Å². The molecule has 0 bridgehead atoms. The number of pyridine rings is 1. The first-order chi connectivity index (χ1) is 9.13. The van der Waals surface area contributed by atoms with E-state index in [1.54, 1.807) is 24.0 Å². The Labute approximate surface area is 124 Å². The van der Waals surface area contributed by atoms with Crippen LogP contribution in [-0.4, -0.2) is 16.5 Å². The summed E-state index contributed by atoms with van der Waals surface area (Å²) in [5.74, 6) is 1.09. The van der Waals surface area contributed by atoms with Crippen LogP contribution in [0.25, 0.3) is 0 Å². The molecule has 98 valence electrons. The SMILES string of the molecule is Nc1cc(CC(=O)CSc2ccc(Br)cc2)ccn1. The summed E-state index contributed by atoms with van der Waals surface area (Å²) in [6.07, 6.45) is 2.02. The second kappa shape index (κ2) is 6.73. The van der Waals surface area contributed by atoms with Crippen molar-refractivity contribution in [2.24, 2.45) is 0 Å². The molecule has 19 heavy (non-hydrogen) atoms. The monoisotopic (exact) mass is 336 g/mol. The Morgan fingerprint density at radius 3 is 2.68 bits per heavy atom. The van der Waals surface area contributed by atoms with Crippen LogP contribution in [0.2, 0.25) is 0 Å². The molecule has 0 atom stereocenters. The number of Topliss-reactive ketones (excluding diaryl/α,β-unsaturated/α-hetero) is 1. The number of nitrogens with two attached hydrogens (primary N) is 1. The van der Waals surface area contributed by atoms with Gasteiger partial charge in [0.2, 0.25) is 0 Å². The van der Waals surface area contributed by atoms with E-state index in [4.69, 9.17) is 5.73 Å². The van der Waals surface area contributed by atoms with Gasteiger partial charge >= 0.3 is 0 Å². The zero-order chi connectivity index (χ0) is 13.7. The van der Waals surface area contributed by atoms with Gasteiger partial charge in [-0.05, 0) is 42.0 Å². The molecule has 2 rings (SSSR count). The fourth-order valence-corrected chi connectivity index (χ4v) is 2.60. The molecule has 0 fully saturated rings. The molecule has 2 N–H and O–H groups in total. The number of hydrogen-bond acceptors (Lipinski definition) is 4. The largest absolute Gasteiger partial charge is 0.384 e. The Balaban J connectivity index is 1.86. The fourth-order valence-electron chi connectivity index (χ4n) is 1.58. The smallest absolute Gasteiger partial charge is 0.147 e. The Bertz CT molecular complexity index is 572. The van der Waals surface area contributed by atoms with Crippen LogP contribution in [0.4, 0.5) is 5.82 Å². The molecule has 0 radical (unpaired) electrons. The lowest BCUT2D eigenvalue weighted by Gasteiger charge is -2.03. The van der Waals surface area contributed by atoms with E-state index in [-0.39, 0.29) is 5.78 Å². The molecule has 1 aromatic carbocycles. The minimum absolute atomic E-state index is 0.179. The van der Waals surface area contributed by atoms with Gasteiger partial charge in [-0.3, -0.25) is 4.79 Å². The lowest BCUT2D eigenvalue weighted by Crippen LogP contribution is -2.06. The summed E-state index contributed by atoms with van der Waals surface area (Å²) in [5.41, 5.74) is 6.49. The summed E-state index contributed by atoms with van der Waals surface area (Å²) < 4.78 is 1.04. The van der Waals surface area contributed by atoms with E-state index in [1.165, 1.54) is 0 Å². The highest BCUT2D eigenvalue weighted by Crippen LogP contribution is 2.21. The number of rotatable bonds is 5. The number of thioether (sulfide) groups is 1. The molecule has 3 nitrogen and oxygen atoms in total. The van der Waals surface area contributed by atoms with Gasteiger partial charge in [0.25, 0.3) is 0 Å². The van der Waals surface area contributed by atoms with Crippen molar-refractivity contribution in [1.29, 1.82) is 0 Å². The molecule has 0 amide bonds. The number of nitrogen functional groups attached to an aromatic ring is 1. The molecule has 0 spiro atoms. The molecule has 0 aliphatic heterocycles. The number of carbonyl (C=O) groups is 1. The predicted molar refractivity (Wildman–Crippen MR) is 82.2 cm³/mol. The van der Waals surface area contributed by atoms with Crippen LogP contribution in [0.15, 0.2) is 52.0 Å². The topological polar surface area (TPSA) is 56.0 Å². The maximum atomic E-state index is 11.9. The van der Waals surface area contributed by atoms with Gasteiger partial charge in [-0.2, -0.15) is 0 Å². The third-order valence-electron chi connectivity index (χ3n) is 2.46. The quantitative estimate of drug-likeness (QED) is 0.851. The number of carbonyl (C=O) groups excluding carboxylic acids is 1. The maximum absolute atomic E-state index is 11.9. The number of ketones is 1. The van der Waals surface area contributed by atoms with Crippen molar-refractivity contribution < 1.29 is 4.79 Å². The van der Waals surface area contributed by atoms with E-state index in [2.05, 4.69) is 20.9 Å². The van der Waals surface area contributed by atoms with Crippen molar-refractivity contribution in [3.63, 3.8) is 0 Å². The molecule has 1 heterocycles. The number of aromatic nitrogens is 1. The minimum atomic E-state index is 0.179. The molecule has 2 aromatic rings. The van der Waals surface area contributed by atoms with E-state index in [0.29, 0.717) is 18.0 Å². The molecular formula is C14H13BrN2OS. The summed E-state index contributed by atoms with van der Waals surface area (Å²) in [6.45, 7) is 0. The highest BCUT2D eigenvalue weighted by atomic mass is 79.9. The second-order valence-electron chi connectivity index (χ2n) is 4.05. The number of hydrogen-bond donors (Lipinski definition) is 1. The Morgan fingerprint density at radius 2 is 2.00 bits per heavy atom. The third-order valence-corrected chi connectivity index (χ3v) is 4.06. The molecule has 1 aromatic heterocycles. The van der Waals surface area contributed by atoms with Gasteiger partial charge in [-0.15, -0.1) is 11.8 Å². The van der Waals surface area contributed by atoms with Crippen molar-refractivity contribution in [1.82, 2.24) is 4.98 Å². The van der Waals surface area contributed by atoms with Crippen molar-refractivity contribution >= 4 is 39.3 Å². The number of benzene rings is 1. The first-order valence-electron chi connectivity index (χ1n) is 5.74. The minimum Gasteiger partial charge on any atom is -0.384 e. The van der Waals surface area contributed by atoms with Crippen molar-refractivity contribution in [2.45, 2.75) is 11.3 Å². The number of halogens is 1. The average molecular weight is 337 g/mol. The fraction of sp³-hybridized carbons (Fsp3) is 0.143. The van der Waals surface area contributed by atoms with Gasteiger partial charge in [0.1, 0.15) is 11.6 Å². The predicted octanol–water partition coefficient (Wildman–Crippen LogP) is 3.33. The van der Waals surface area contributed by atoms with Crippen LogP contribution < -0.4 is 5.73 Å². The standard InChI is InChI=1S/C14H13BrN2OS/c15-11-1-3-13(4-2-11)19-9-12(18)7-10-5-6-17-14(16)8-10/h1-6,8H,7,9H2,(H2,16,17). The molecule has 0 aliphatic rings. The zero-order valence-corrected chi connectivity index (χ0v) is 12.6. The summed E-state index contributed by atoms with van der Waals surface area (Å²) in [7, 11) is 0. The van der Waals surface area contributed by atoms with E-state index in [1.807, 2.05) is 30.3 Å². The lowest BCUT2D eigenvalue weighted by atomic mass is 10.1. The molecule has 0 saturated carbocycles. The van der Waals surface area contributed by atoms with Gasteiger partial charge in [0.05, 0.1) is 5.75 Å². The normalized spacial score (nSPS) is 10.4. The summed E-state index contributed by atoms with van der Waals surface area (Å²) in [6, 6.07) is 11.5. The van der Waals surface area contributed by atoms with E-state index in [9.17, 15) is 4.79 Å². The molecule has 5 heteroatoms. The third kappa shape index (κ3) is 4.69. The Kier molecular flexibility index (Phi) is 4.99. The molecule has 0 saturated heterocycles. The van der Waals surface area contributed by atoms with Crippen LogP contribution in [0.3, 0.4) is 0 Å². The highest BCUT2D eigenvalue weighted by molar-refractivity contribution is 9.10.